The van der Waals surface area contributed by atoms with Gasteiger partial charge in [0.15, 0.2) is 9.99 Å². The van der Waals surface area contributed by atoms with Crippen molar-refractivity contribution in [2.75, 3.05) is 18.0 Å². The van der Waals surface area contributed by atoms with Gasteiger partial charge in [0.1, 0.15) is 5.75 Å². The van der Waals surface area contributed by atoms with Crippen LogP contribution in [-0.2, 0) is 10.0 Å². The Balaban J connectivity index is 1.87. The van der Waals surface area contributed by atoms with E-state index in [0.717, 1.165) is 16.9 Å². The van der Waals surface area contributed by atoms with Crippen molar-refractivity contribution in [3.63, 3.8) is 0 Å². The molecule has 7 heteroatoms. The Bertz CT molecular complexity index is 901. The Morgan fingerprint density at radius 3 is 2.91 bits per heavy atom. The van der Waals surface area contributed by atoms with Crippen LogP contribution in [0.15, 0.2) is 33.9 Å². The lowest BCUT2D eigenvalue weighted by molar-refractivity contribution is 0.0968. The second kappa shape index (κ2) is 5.07. The SMILES string of the molecule is COc1ccsc1S(=O)(=O)N1C[C@H]2CCC(=O)c3cccc1c32. The van der Waals surface area contributed by atoms with Crippen LogP contribution in [0.3, 0.4) is 0 Å². The molecule has 0 saturated carbocycles. The number of ketones is 1. The number of anilines is 1. The summed E-state index contributed by atoms with van der Waals surface area (Å²) in [5, 5.41) is 1.71. The van der Waals surface area contributed by atoms with Gasteiger partial charge in [0.2, 0.25) is 0 Å². The predicted molar refractivity (Wildman–Crippen MR) is 88.2 cm³/mol. The number of nitrogens with zero attached hydrogens (tertiary/aromatic N) is 1. The van der Waals surface area contributed by atoms with Crippen LogP contribution in [0.1, 0.15) is 34.7 Å². The van der Waals surface area contributed by atoms with E-state index in [1.807, 2.05) is 0 Å². The lowest BCUT2D eigenvalue weighted by atomic mass is 9.83. The molecule has 1 atom stereocenters. The number of hydrogen-bond donors (Lipinski definition) is 0. The van der Waals surface area contributed by atoms with E-state index >= 15 is 0 Å². The minimum atomic E-state index is -3.69. The lowest BCUT2D eigenvalue weighted by Crippen LogP contribution is -2.29. The number of sulfonamides is 1. The van der Waals surface area contributed by atoms with Crippen molar-refractivity contribution in [1.82, 2.24) is 0 Å². The smallest absolute Gasteiger partial charge is 0.277 e. The van der Waals surface area contributed by atoms with Gasteiger partial charge in [0, 0.05) is 24.4 Å². The van der Waals surface area contributed by atoms with Crippen molar-refractivity contribution in [2.45, 2.75) is 23.0 Å². The summed E-state index contributed by atoms with van der Waals surface area (Å²) in [5.74, 6) is 0.563. The summed E-state index contributed by atoms with van der Waals surface area (Å²) in [4.78, 5) is 12.1. The number of carbonyl (C=O) groups excluding carboxylic acids is 1. The van der Waals surface area contributed by atoms with E-state index < -0.39 is 10.0 Å². The Morgan fingerprint density at radius 2 is 2.13 bits per heavy atom. The highest BCUT2D eigenvalue weighted by molar-refractivity contribution is 7.94. The van der Waals surface area contributed by atoms with Gasteiger partial charge in [-0.05, 0) is 29.5 Å². The van der Waals surface area contributed by atoms with Crippen LogP contribution >= 0.6 is 11.3 Å². The van der Waals surface area contributed by atoms with Crippen LogP contribution in [0.2, 0.25) is 0 Å². The number of methoxy groups -OCH3 is 1. The summed E-state index contributed by atoms with van der Waals surface area (Å²) < 4.78 is 33.0. The van der Waals surface area contributed by atoms with E-state index in [0.29, 0.717) is 36.4 Å². The molecule has 23 heavy (non-hydrogen) atoms. The van der Waals surface area contributed by atoms with Crippen molar-refractivity contribution in [3.8, 4) is 5.75 Å². The van der Waals surface area contributed by atoms with Crippen molar-refractivity contribution in [3.05, 3.63) is 40.8 Å². The first kappa shape index (κ1) is 14.7. The average Bonchev–Trinajstić information content (AvgIpc) is 3.17. The first-order valence-corrected chi connectivity index (χ1v) is 9.66. The monoisotopic (exact) mass is 349 g/mol. The molecule has 2 aromatic rings. The standard InChI is InChI=1S/C16H15NO4S2/c1-21-14-7-8-22-16(14)23(19,20)17-9-10-5-6-13(18)11-3-2-4-12(17)15(10)11/h2-4,7-8,10H,5-6,9H2,1H3/t10-/m1/s1. The number of thiophene rings is 1. The third-order valence-corrected chi connectivity index (χ3v) is 7.71. The molecule has 0 unspecified atom stereocenters. The summed E-state index contributed by atoms with van der Waals surface area (Å²) in [5.41, 5.74) is 2.20. The van der Waals surface area contributed by atoms with Crippen LogP contribution in [0.25, 0.3) is 0 Å². The Labute approximate surface area is 138 Å². The molecule has 0 amide bonds. The normalized spacial score (nSPS) is 19.8. The molecule has 5 nitrogen and oxygen atoms in total. The molecular formula is C16H15NO4S2. The maximum absolute atomic E-state index is 13.1. The highest BCUT2D eigenvalue weighted by Crippen LogP contribution is 2.47. The zero-order valence-corrected chi connectivity index (χ0v) is 14.1. The Kier molecular flexibility index (Phi) is 3.24. The zero-order valence-electron chi connectivity index (χ0n) is 12.5. The molecule has 1 aromatic carbocycles. The predicted octanol–water partition coefficient (Wildman–Crippen LogP) is 3.03. The summed E-state index contributed by atoms with van der Waals surface area (Å²) in [6.45, 7) is 0.392. The second-order valence-corrected chi connectivity index (χ2v) is 8.68. The first-order valence-electron chi connectivity index (χ1n) is 7.34. The number of hydrogen-bond acceptors (Lipinski definition) is 5. The quantitative estimate of drug-likeness (QED) is 0.854. The van der Waals surface area contributed by atoms with Gasteiger partial charge in [-0.2, -0.15) is 0 Å². The minimum Gasteiger partial charge on any atom is -0.494 e. The summed E-state index contributed by atoms with van der Waals surface area (Å²) in [7, 11) is -2.22. The van der Waals surface area contributed by atoms with E-state index in [4.69, 9.17) is 4.74 Å². The summed E-state index contributed by atoms with van der Waals surface area (Å²) in [6, 6.07) is 7.00. The molecule has 2 heterocycles. The van der Waals surface area contributed by atoms with Crippen LogP contribution in [0.4, 0.5) is 5.69 Å². The third-order valence-electron chi connectivity index (χ3n) is 4.51. The highest BCUT2D eigenvalue weighted by atomic mass is 32.2. The molecular weight excluding hydrogens is 334 g/mol. The van der Waals surface area contributed by atoms with Gasteiger partial charge >= 0.3 is 0 Å². The second-order valence-electron chi connectivity index (χ2n) is 5.71. The maximum atomic E-state index is 13.1. The molecule has 1 aliphatic carbocycles. The van der Waals surface area contributed by atoms with E-state index in [2.05, 4.69) is 0 Å². The average molecular weight is 349 g/mol. The molecule has 120 valence electrons. The maximum Gasteiger partial charge on any atom is 0.277 e. The fraction of sp³-hybridized carbons (Fsp3) is 0.312. The highest BCUT2D eigenvalue weighted by Gasteiger charge is 2.42. The molecule has 4 rings (SSSR count). The topological polar surface area (TPSA) is 63.7 Å². The van der Waals surface area contributed by atoms with E-state index in [9.17, 15) is 13.2 Å². The first-order chi connectivity index (χ1) is 11.0. The molecule has 0 fully saturated rings. The molecule has 0 bridgehead atoms. The molecule has 0 radical (unpaired) electrons. The van der Waals surface area contributed by atoms with Gasteiger partial charge in [-0.15, -0.1) is 11.3 Å². The largest absolute Gasteiger partial charge is 0.494 e. The van der Waals surface area contributed by atoms with Crippen LogP contribution in [0, 0.1) is 0 Å². The number of Topliss-reactive ketones (excluding diaryl/α,β-unsaturated/α-hetero) is 1. The molecule has 0 N–H and O–H groups in total. The summed E-state index contributed by atoms with van der Waals surface area (Å²) >= 11 is 1.15. The van der Waals surface area contributed by atoms with Gasteiger partial charge in [-0.3, -0.25) is 9.10 Å². The molecule has 2 aliphatic rings. The van der Waals surface area contributed by atoms with Crippen molar-refractivity contribution < 1.29 is 17.9 Å². The molecule has 1 aliphatic heterocycles. The van der Waals surface area contributed by atoms with Crippen molar-refractivity contribution >= 4 is 32.8 Å². The number of rotatable bonds is 3. The van der Waals surface area contributed by atoms with Gasteiger partial charge in [0.05, 0.1) is 12.8 Å². The number of ether oxygens (including phenoxy) is 1. The van der Waals surface area contributed by atoms with E-state index in [1.54, 1.807) is 29.6 Å². The van der Waals surface area contributed by atoms with Crippen molar-refractivity contribution in [2.24, 2.45) is 0 Å². The Morgan fingerprint density at radius 1 is 1.30 bits per heavy atom. The number of carbonyl (C=O) groups is 1. The van der Waals surface area contributed by atoms with Crippen LogP contribution in [-0.4, -0.2) is 27.9 Å². The molecule has 1 aromatic heterocycles. The van der Waals surface area contributed by atoms with E-state index in [-0.39, 0.29) is 15.9 Å². The minimum absolute atomic E-state index is 0.0969. The summed E-state index contributed by atoms with van der Waals surface area (Å²) in [6.07, 6.45) is 1.19. The zero-order chi connectivity index (χ0) is 16.2. The van der Waals surface area contributed by atoms with Gasteiger partial charge in [-0.25, -0.2) is 8.42 Å². The number of benzene rings is 1. The van der Waals surface area contributed by atoms with Gasteiger partial charge in [-0.1, -0.05) is 12.1 Å². The van der Waals surface area contributed by atoms with Crippen LogP contribution < -0.4 is 9.04 Å². The lowest BCUT2D eigenvalue weighted by Gasteiger charge is -2.19. The van der Waals surface area contributed by atoms with Crippen molar-refractivity contribution in [1.29, 1.82) is 0 Å². The fourth-order valence-corrected chi connectivity index (χ4v) is 6.36. The third kappa shape index (κ3) is 2.03. The van der Waals surface area contributed by atoms with Gasteiger partial charge < -0.3 is 4.74 Å². The van der Waals surface area contributed by atoms with Gasteiger partial charge in [0.25, 0.3) is 10.0 Å². The Hall–Kier alpha value is -1.86. The fourth-order valence-electron chi connectivity index (χ4n) is 3.46. The van der Waals surface area contributed by atoms with Crippen LogP contribution in [0.5, 0.6) is 5.75 Å². The van der Waals surface area contributed by atoms with E-state index in [1.165, 1.54) is 11.4 Å². The molecule has 0 spiro atoms. The molecule has 0 saturated heterocycles.